The molecule has 2 heterocycles. The summed E-state index contributed by atoms with van der Waals surface area (Å²) < 4.78 is 44.3. The van der Waals surface area contributed by atoms with Crippen LogP contribution in [0.4, 0.5) is 13.2 Å². The summed E-state index contributed by atoms with van der Waals surface area (Å²) >= 11 is 0. The molecule has 4 heteroatoms. The summed E-state index contributed by atoms with van der Waals surface area (Å²) in [4.78, 5) is 0. The van der Waals surface area contributed by atoms with Gasteiger partial charge in [-0.3, -0.25) is 0 Å². The first-order valence-corrected chi connectivity index (χ1v) is 12.5. The predicted octanol–water partition coefficient (Wildman–Crippen LogP) is 7.45. The summed E-state index contributed by atoms with van der Waals surface area (Å²) in [5, 5.41) is 0. The van der Waals surface area contributed by atoms with Crippen LogP contribution >= 0.6 is 0 Å². The van der Waals surface area contributed by atoms with E-state index in [-0.39, 0.29) is 42.1 Å². The molecule has 0 saturated heterocycles. The van der Waals surface area contributed by atoms with Gasteiger partial charge in [0.05, 0.1) is 23.0 Å². The number of nitrogens with zero attached hydrogens (tertiary/aromatic N) is 1. The van der Waals surface area contributed by atoms with Crippen molar-refractivity contribution < 1.29 is 17.7 Å². The second-order valence-electron chi connectivity index (χ2n) is 11.7. The molecule has 2 saturated carbocycles. The van der Waals surface area contributed by atoms with Gasteiger partial charge in [0.25, 0.3) is 0 Å². The van der Waals surface area contributed by atoms with Crippen LogP contribution < -0.4 is 4.57 Å². The second kappa shape index (κ2) is 6.73. The minimum absolute atomic E-state index is 0.0607. The number of hydrogen-bond acceptors (Lipinski definition) is 0. The topological polar surface area (TPSA) is 3.88 Å². The van der Waals surface area contributed by atoms with Gasteiger partial charge < -0.3 is 0 Å². The molecule has 2 fully saturated rings. The fraction of sp³-hybridized carbons (Fsp3) is 0.552. The van der Waals surface area contributed by atoms with Crippen LogP contribution in [0.15, 0.2) is 30.5 Å². The molecule has 1 aliphatic heterocycles. The highest BCUT2D eigenvalue weighted by molar-refractivity contribution is 5.79. The number of benzene rings is 1. The van der Waals surface area contributed by atoms with Crippen LogP contribution in [0.5, 0.6) is 0 Å². The van der Waals surface area contributed by atoms with E-state index in [9.17, 15) is 13.2 Å². The average molecular weight is 453 g/mol. The highest BCUT2D eigenvalue weighted by Gasteiger charge is 2.65. The van der Waals surface area contributed by atoms with E-state index in [1.54, 1.807) is 0 Å². The molecule has 0 spiro atoms. The Balaban J connectivity index is 1.56. The standard InChI is InChI=1S/C29H33F3N/c1-15(2)22-12-18(29(30,31)32)13-23-19(22)6-7-21-20(23)8-9-33-27(21)24-11-16(3)10-17(4)26(24)25-14-28(25,33)5/h6-11,15,18-19,22-23,25H,12-14H2,1-5H3/q+1. The maximum absolute atomic E-state index is 14.0. The maximum atomic E-state index is 14.0. The van der Waals surface area contributed by atoms with Crippen molar-refractivity contribution in [3.63, 3.8) is 0 Å². The van der Waals surface area contributed by atoms with Crippen molar-refractivity contribution in [3.05, 3.63) is 58.3 Å². The van der Waals surface area contributed by atoms with E-state index in [0.29, 0.717) is 5.92 Å². The molecule has 0 radical (unpaired) electrons. The lowest BCUT2D eigenvalue weighted by atomic mass is 9.60. The van der Waals surface area contributed by atoms with E-state index in [1.807, 2.05) is 0 Å². The molecule has 0 amide bonds. The van der Waals surface area contributed by atoms with Crippen LogP contribution in [-0.4, -0.2) is 6.18 Å². The van der Waals surface area contributed by atoms with Crippen molar-refractivity contribution in [2.75, 3.05) is 0 Å². The van der Waals surface area contributed by atoms with Crippen LogP contribution in [0.25, 0.3) is 17.3 Å². The van der Waals surface area contributed by atoms with Crippen molar-refractivity contribution in [1.29, 1.82) is 0 Å². The zero-order chi connectivity index (χ0) is 23.4. The molecular formula is C29H33F3N+. The smallest absolute Gasteiger partial charge is 0.192 e. The van der Waals surface area contributed by atoms with Crippen molar-refractivity contribution >= 4 is 6.08 Å². The van der Waals surface area contributed by atoms with E-state index in [2.05, 4.69) is 75.7 Å². The van der Waals surface area contributed by atoms with Gasteiger partial charge in [0.15, 0.2) is 11.7 Å². The van der Waals surface area contributed by atoms with E-state index in [4.69, 9.17) is 0 Å². The summed E-state index contributed by atoms with van der Waals surface area (Å²) in [7, 11) is 0. The fourth-order valence-corrected chi connectivity index (χ4v) is 7.60. The molecule has 0 bridgehead atoms. The van der Waals surface area contributed by atoms with Crippen LogP contribution in [0.3, 0.4) is 0 Å². The Labute approximate surface area is 194 Å². The van der Waals surface area contributed by atoms with Crippen molar-refractivity contribution in [3.8, 4) is 11.3 Å². The third kappa shape index (κ3) is 2.94. The number of aromatic nitrogens is 1. The number of pyridine rings is 1. The third-order valence-corrected chi connectivity index (χ3v) is 9.36. The predicted molar refractivity (Wildman–Crippen MR) is 125 cm³/mol. The molecule has 6 atom stereocenters. The van der Waals surface area contributed by atoms with Gasteiger partial charge in [-0.1, -0.05) is 37.6 Å². The van der Waals surface area contributed by atoms with E-state index >= 15 is 0 Å². The Morgan fingerprint density at radius 3 is 2.58 bits per heavy atom. The van der Waals surface area contributed by atoms with Crippen molar-refractivity contribution in [2.45, 2.75) is 77.4 Å². The Hall–Kier alpha value is -2.10. The van der Waals surface area contributed by atoms with Gasteiger partial charge in [-0.15, -0.1) is 0 Å². The quantitative estimate of drug-likeness (QED) is 0.396. The summed E-state index contributed by atoms with van der Waals surface area (Å²) in [5.41, 5.74) is 8.89. The number of aryl methyl sites for hydroxylation is 2. The Morgan fingerprint density at radius 2 is 1.88 bits per heavy atom. The van der Waals surface area contributed by atoms with Gasteiger partial charge in [0.2, 0.25) is 5.69 Å². The van der Waals surface area contributed by atoms with E-state index < -0.39 is 12.1 Å². The summed E-state index contributed by atoms with van der Waals surface area (Å²) in [6, 6.07) is 6.73. The number of fused-ring (bicyclic) bond motifs is 10. The minimum atomic E-state index is -4.13. The first-order chi connectivity index (χ1) is 15.5. The van der Waals surface area contributed by atoms with Crippen molar-refractivity contribution in [2.24, 2.45) is 23.7 Å². The fourth-order valence-electron chi connectivity index (χ4n) is 7.60. The molecule has 1 aromatic carbocycles. The summed E-state index contributed by atoms with van der Waals surface area (Å²) in [5.74, 6) is -0.271. The molecule has 2 aromatic rings. The molecule has 4 aliphatic rings. The zero-order valence-electron chi connectivity index (χ0n) is 20.1. The molecule has 33 heavy (non-hydrogen) atoms. The minimum Gasteiger partial charge on any atom is -0.192 e. The highest BCUT2D eigenvalue weighted by Crippen LogP contribution is 2.61. The van der Waals surface area contributed by atoms with Gasteiger partial charge >= 0.3 is 6.18 Å². The van der Waals surface area contributed by atoms with Gasteiger partial charge in [-0.25, -0.2) is 0 Å². The van der Waals surface area contributed by atoms with Crippen LogP contribution in [0.2, 0.25) is 0 Å². The molecule has 6 unspecified atom stereocenters. The van der Waals surface area contributed by atoms with Crippen molar-refractivity contribution in [1.82, 2.24) is 0 Å². The first kappa shape index (κ1) is 21.4. The molecule has 174 valence electrons. The average Bonchev–Trinajstić information content (AvgIpc) is 3.43. The van der Waals surface area contributed by atoms with Crippen LogP contribution in [0, 0.1) is 37.5 Å². The second-order valence-corrected chi connectivity index (χ2v) is 11.7. The monoisotopic (exact) mass is 452 g/mol. The summed E-state index contributed by atoms with van der Waals surface area (Å²) in [6.45, 7) is 10.9. The van der Waals surface area contributed by atoms with Crippen LogP contribution in [0.1, 0.15) is 79.7 Å². The lowest BCUT2D eigenvalue weighted by Gasteiger charge is -2.45. The molecule has 0 N–H and O–H groups in total. The Morgan fingerprint density at radius 1 is 1.12 bits per heavy atom. The molecule has 6 rings (SSSR count). The molecule has 3 aliphatic carbocycles. The lowest BCUT2D eigenvalue weighted by molar-refractivity contribution is -0.728. The van der Waals surface area contributed by atoms with E-state index in [1.165, 1.54) is 27.9 Å². The van der Waals surface area contributed by atoms with E-state index in [0.717, 1.165) is 17.5 Å². The number of halogens is 3. The normalized spacial score (nSPS) is 33.7. The largest absolute Gasteiger partial charge is 0.391 e. The zero-order valence-corrected chi connectivity index (χ0v) is 20.1. The number of alkyl halides is 3. The third-order valence-electron chi connectivity index (χ3n) is 9.36. The summed E-state index contributed by atoms with van der Waals surface area (Å²) in [6.07, 6.45) is 4.15. The van der Waals surface area contributed by atoms with Gasteiger partial charge in [-0.2, -0.15) is 17.7 Å². The number of allylic oxidation sites excluding steroid dienone is 1. The van der Waals surface area contributed by atoms with Gasteiger partial charge in [0, 0.05) is 19.4 Å². The molecule has 1 nitrogen and oxygen atoms in total. The lowest BCUT2D eigenvalue weighted by Crippen LogP contribution is -2.50. The molecule has 1 aromatic heterocycles. The number of hydrogen-bond donors (Lipinski definition) is 0. The van der Waals surface area contributed by atoms with Crippen LogP contribution in [-0.2, 0) is 5.54 Å². The number of rotatable bonds is 1. The highest BCUT2D eigenvalue weighted by atomic mass is 19.4. The molecular weight excluding hydrogens is 419 g/mol. The first-order valence-electron chi connectivity index (χ1n) is 12.5. The Bertz CT molecular complexity index is 1190. The Kier molecular flexibility index (Phi) is 4.37. The van der Waals surface area contributed by atoms with Gasteiger partial charge in [0.1, 0.15) is 0 Å². The van der Waals surface area contributed by atoms with Gasteiger partial charge in [-0.05, 0) is 73.1 Å². The SMILES string of the molecule is Cc1cc(C)c2c(c1)-c1c3c(cc[n+]1C1(C)CC21)C1CC(C(F)(F)F)CC(C(C)C)C1C=C3. The maximum Gasteiger partial charge on any atom is 0.391 e.